The summed E-state index contributed by atoms with van der Waals surface area (Å²) >= 11 is 0. The first-order valence-electron chi connectivity index (χ1n) is 3.76. The maximum atomic E-state index is 12.8. The second-order valence-corrected chi connectivity index (χ2v) is 4.43. The number of nitrogens with zero attached hydrogens (tertiary/aromatic N) is 1. The van der Waals surface area contributed by atoms with E-state index in [1.807, 2.05) is 4.72 Å². The van der Waals surface area contributed by atoms with Crippen LogP contribution in [0.1, 0.15) is 0 Å². The summed E-state index contributed by atoms with van der Waals surface area (Å²) in [6.45, 7) is 0. The first-order chi connectivity index (χ1) is 6.88. The van der Waals surface area contributed by atoms with E-state index in [0.717, 1.165) is 19.2 Å². The van der Waals surface area contributed by atoms with Gasteiger partial charge in [0.15, 0.2) is 4.90 Å². The Balaban J connectivity index is 3.51. The van der Waals surface area contributed by atoms with Crippen molar-refractivity contribution in [3.8, 4) is 0 Å². The third kappa shape index (κ3) is 2.28. The van der Waals surface area contributed by atoms with Crippen molar-refractivity contribution in [2.75, 3.05) is 7.05 Å². The number of hydrogen-bond donors (Lipinski definition) is 1. The van der Waals surface area contributed by atoms with Gasteiger partial charge in [-0.1, -0.05) is 0 Å². The molecule has 0 radical (unpaired) electrons. The number of nitrogens with one attached hydrogen (secondary N) is 1. The van der Waals surface area contributed by atoms with Crippen molar-refractivity contribution < 1.29 is 17.7 Å². The Bertz CT molecular complexity index is 500. The lowest BCUT2D eigenvalue weighted by atomic mass is 10.3. The summed E-state index contributed by atoms with van der Waals surface area (Å²) in [4.78, 5) is 8.92. The molecular weight excluding hydrogens is 227 g/mol. The summed E-state index contributed by atoms with van der Waals surface area (Å²) in [5.74, 6) is -0.852. The number of rotatable bonds is 3. The summed E-state index contributed by atoms with van der Waals surface area (Å²) in [5.41, 5.74) is -0.661. The number of sulfonamides is 1. The van der Waals surface area contributed by atoms with Gasteiger partial charge in [0.1, 0.15) is 5.82 Å². The highest BCUT2D eigenvalue weighted by molar-refractivity contribution is 7.89. The molecule has 0 bridgehead atoms. The van der Waals surface area contributed by atoms with Crippen LogP contribution in [-0.4, -0.2) is 20.4 Å². The molecule has 0 aliphatic carbocycles. The van der Waals surface area contributed by atoms with Crippen LogP contribution in [0.3, 0.4) is 0 Å². The minimum atomic E-state index is -4.03. The lowest BCUT2D eigenvalue weighted by Crippen LogP contribution is -2.20. The molecule has 1 aromatic rings. The van der Waals surface area contributed by atoms with E-state index in [-0.39, 0.29) is 0 Å². The largest absolute Gasteiger partial charge is 0.289 e. The standard InChI is InChI=1S/C7H7FN2O4S/c1-9-15(13,14)7-4-5(8)2-3-6(7)10(11)12/h2-4,9H,1H3. The van der Waals surface area contributed by atoms with Crippen LogP contribution < -0.4 is 4.72 Å². The highest BCUT2D eigenvalue weighted by Gasteiger charge is 2.24. The van der Waals surface area contributed by atoms with Gasteiger partial charge in [-0.15, -0.1) is 0 Å². The molecule has 15 heavy (non-hydrogen) atoms. The molecule has 0 aromatic heterocycles. The van der Waals surface area contributed by atoms with Gasteiger partial charge in [0.05, 0.1) is 4.92 Å². The van der Waals surface area contributed by atoms with Crippen LogP contribution in [-0.2, 0) is 10.0 Å². The van der Waals surface area contributed by atoms with Gasteiger partial charge in [-0.2, -0.15) is 0 Å². The Morgan fingerprint density at radius 3 is 2.53 bits per heavy atom. The van der Waals surface area contributed by atoms with Crippen LogP contribution in [0.25, 0.3) is 0 Å². The number of halogens is 1. The number of hydrogen-bond acceptors (Lipinski definition) is 4. The Morgan fingerprint density at radius 2 is 2.07 bits per heavy atom. The van der Waals surface area contributed by atoms with Crippen LogP contribution >= 0.6 is 0 Å². The quantitative estimate of drug-likeness (QED) is 0.614. The van der Waals surface area contributed by atoms with Crippen LogP contribution in [0.4, 0.5) is 10.1 Å². The molecule has 1 N–H and O–H groups in total. The normalized spacial score (nSPS) is 11.3. The zero-order chi connectivity index (χ0) is 11.6. The summed E-state index contributed by atoms with van der Waals surface area (Å²) in [6.07, 6.45) is 0. The molecule has 0 aliphatic heterocycles. The molecule has 0 aliphatic rings. The van der Waals surface area contributed by atoms with Gasteiger partial charge in [-0.25, -0.2) is 17.5 Å². The second kappa shape index (κ2) is 3.91. The zero-order valence-electron chi connectivity index (χ0n) is 7.60. The summed E-state index contributed by atoms with van der Waals surface area (Å²) < 4.78 is 37.2. The molecule has 82 valence electrons. The fourth-order valence-corrected chi connectivity index (χ4v) is 1.87. The van der Waals surface area contributed by atoms with Crippen molar-refractivity contribution in [2.24, 2.45) is 0 Å². The van der Waals surface area contributed by atoms with E-state index in [1.165, 1.54) is 0 Å². The Kier molecular flexibility index (Phi) is 3.01. The molecule has 6 nitrogen and oxygen atoms in total. The number of nitro groups is 1. The lowest BCUT2D eigenvalue weighted by molar-refractivity contribution is -0.387. The van der Waals surface area contributed by atoms with E-state index in [9.17, 15) is 22.9 Å². The highest BCUT2D eigenvalue weighted by atomic mass is 32.2. The molecule has 0 fully saturated rings. The molecule has 0 saturated carbocycles. The predicted octanol–water partition coefficient (Wildman–Crippen LogP) is 0.642. The molecular formula is C7H7FN2O4S. The van der Waals surface area contributed by atoms with Gasteiger partial charge < -0.3 is 0 Å². The summed E-state index contributed by atoms with van der Waals surface area (Å²) in [7, 11) is -2.94. The fraction of sp³-hybridized carbons (Fsp3) is 0.143. The Hall–Kier alpha value is -1.54. The molecule has 1 aromatic carbocycles. The lowest BCUT2D eigenvalue weighted by Gasteiger charge is -2.03. The minimum Gasteiger partial charge on any atom is -0.258 e. The molecule has 0 spiro atoms. The van der Waals surface area contributed by atoms with E-state index >= 15 is 0 Å². The van der Waals surface area contributed by atoms with Crippen molar-refractivity contribution in [3.05, 3.63) is 34.1 Å². The molecule has 0 unspecified atom stereocenters. The average Bonchev–Trinajstić information content (AvgIpc) is 2.17. The third-order valence-corrected chi connectivity index (χ3v) is 3.12. The molecule has 0 atom stereocenters. The van der Waals surface area contributed by atoms with Crippen molar-refractivity contribution in [1.82, 2.24) is 4.72 Å². The van der Waals surface area contributed by atoms with E-state index in [0.29, 0.717) is 6.07 Å². The van der Waals surface area contributed by atoms with Gasteiger partial charge >= 0.3 is 0 Å². The SMILES string of the molecule is CNS(=O)(=O)c1cc(F)ccc1[N+](=O)[O-]. The van der Waals surface area contributed by atoms with E-state index in [1.54, 1.807) is 0 Å². The van der Waals surface area contributed by atoms with Crippen LogP contribution in [0, 0.1) is 15.9 Å². The average molecular weight is 234 g/mol. The van der Waals surface area contributed by atoms with E-state index < -0.39 is 31.3 Å². The van der Waals surface area contributed by atoms with Gasteiger partial charge in [-0.3, -0.25) is 10.1 Å². The van der Waals surface area contributed by atoms with Gasteiger partial charge in [0.2, 0.25) is 10.0 Å². The zero-order valence-corrected chi connectivity index (χ0v) is 8.41. The molecule has 0 amide bonds. The molecule has 0 heterocycles. The maximum absolute atomic E-state index is 12.8. The van der Waals surface area contributed by atoms with Gasteiger partial charge in [-0.05, 0) is 13.1 Å². The third-order valence-electron chi connectivity index (χ3n) is 1.68. The highest BCUT2D eigenvalue weighted by Crippen LogP contribution is 2.23. The van der Waals surface area contributed by atoms with E-state index in [2.05, 4.69) is 0 Å². The number of benzene rings is 1. The van der Waals surface area contributed by atoms with Crippen molar-refractivity contribution in [2.45, 2.75) is 4.90 Å². The second-order valence-electron chi connectivity index (χ2n) is 2.58. The fourth-order valence-electron chi connectivity index (χ4n) is 0.964. The van der Waals surface area contributed by atoms with Gasteiger partial charge in [0, 0.05) is 12.1 Å². The van der Waals surface area contributed by atoms with Gasteiger partial charge in [0.25, 0.3) is 5.69 Å². The summed E-state index contributed by atoms with van der Waals surface area (Å²) in [5, 5.41) is 10.5. The van der Waals surface area contributed by atoms with Crippen molar-refractivity contribution in [3.63, 3.8) is 0 Å². The smallest absolute Gasteiger partial charge is 0.258 e. The predicted molar refractivity (Wildman–Crippen MR) is 49.3 cm³/mol. The maximum Gasteiger partial charge on any atom is 0.289 e. The monoisotopic (exact) mass is 234 g/mol. The topological polar surface area (TPSA) is 89.3 Å². The molecule has 8 heteroatoms. The summed E-state index contributed by atoms with van der Waals surface area (Å²) in [6, 6.07) is 2.23. The van der Waals surface area contributed by atoms with Crippen LogP contribution in [0.2, 0.25) is 0 Å². The molecule has 0 saturated heterocycles. The van der Waals surface area contributed by atoms with Crippen molar-refractivity contribution in [1.29, 1.82) is 0 Å². The Labute approximate surface area is 84.9 Å². The van der Waals surface area contributed by atoms with Crippen LogP contribution in [0.5, 0.6) is 0 Å². The van der Waals surface area contributed by atoms with E-state index in [4.69, 9.17) is 0 Å². The number of nitro benzene ring substituents is 1. The molecule has 1 rings (SSSR count). The Morgan fingerprint density at radius 1 is 1.47 bits per heavy atom. The minimum absolute atomic E-state index is 0.601. The first-order valence-corrected chi connectivity index (χ1v) is 5.24. The van der Waals surface area contributed by atoms with Crippen molar-refractivity contribution >= 4 is 15.7 Å². The first kappa shape index (κ1) is 11.5. The van der Waals surface area contributed by atoms with Crippen LogP contribution in [0.15, 0.2) is 23.1 Å².